The highest BCUT2D eigenvalue weighted by molar-refractivity contribution is 5.79. The van der Waals surface area contributed by atoms with Crippen LogP contribution in [-0.4, -0.2) is 46.8 Å². The van der Waals surface area contributed by atoms with Crippen LogP contribution >= 0.6 is 0 Å². The van der Waals surface area contributed by atoms with Crippen LogP contribution in [0.25, 0.3) is 0 Å². The fourth-order valence-electron chi connectivity index (χ4n) is 3.29. The maximum atomic E-state index is 12.7. The average Bonchev–Trinajstić information content (AvgIpc) is 3.27. The van der Waals surface area contributed by atoms with Crippen molar-refractivity contribution in [2.75, 3.05) is 20.1 Å². The summed E-state index contributed by atoms with van der Waals surface area (Å²) in [7, 11) is 3.62. The van der Waals surface area contributed by atoms with E-state index in [9.17, 15) is 13.2 Å². The van der Waals surface area contributed by atoms with E-state index >= 15 is 0 Å². The topological polar surface area (TPSA) is 57.5 Å². The lowest BCUT2D eigenvalue weighted by Crippen LogP contribution is -2.44. The van der Waals surface area contributed by atoms with Crippen molar-refractivity contribution >= 4 is 5.96 Å². The van der Waals surface area contributed by atoms with Gasteiger partial charge in [0, 0.05) is 46.0 Å². The van der Waals surface area contributed by atoms with Gasteiger partial charge in [0.1, 0.15) is 0 Å². The highest BCUT2D eigenvalue weighted by atomic mass is 19.4. The minimum Gasteiger partial charge on any atom is -0.352 e. The van der Waals surface area contributed by atoms with Crippen LogP contribution in [0.5, 0.6) is 0 Å². The summed E-state index contributed by atoms with van der Waals surface area (Å²) in [5.41, 5.74) is 1.33. The minimum absolute atomic E-state index is 0.243. The van der Waals surface area contributed by atoms with Crippen molar-refractivity contribution in [1.29, 1.82) is 0 Å². The van der Waals surface area contributed by atoms with Crippen LogP contribution in [0.3, 0.4) is 0 Å². The summed E-state index contributed by atoms with van der Waals surface area (Å²) in [4.78, 5) is 6.49. The lowest BCUT2D eigenvalue weighted by Gasteiger charge is -2.19. The van der Waals surface area contributed by atoms with E-state index in [2.05, 4.69) is 25.6 Å². The molecule has 0 bridgehead atoms. The Bertz CT molecular complexity index is 797. The number of aromatic nitrogens is 2. The van der Waals surface area contributed by atoms with Crippen molar-refractivity contribution in [3.05, 3.63) is 53.3 Å². The minimum atomic E-state index is -4.29. The first-order chi connectivity index (χ1) is 13.3. The third kappa shape index (κ3) is 5.25. The second-order valence-corrected chi connectivity index (χ2v) is 6.93. The van der Waals surface area contributed by atoms with Crippen LogP contribution in [0.1, 0.15) is 23.2 Å². The van der Waals surface area contributed by atoms with Crippen molar-refractivity contribution in [2.45, 2.75) is 31.7 Å². The number of nitrogens with one attached hydrogen (secondary N) is 2. The van der Waals surface area contributed by atoms with Gasteiger partial charge in [-0.15, -0.1) is 0 Å². The van der Waals surface area contributed by atoms with Gasteiger partial charge in [-0.25, -0.2) is 0 Å². The smallest absolute Gasteiger partial charge is 0.352 e. The monoisotopic (exact) mass is 394 g/mol. The molecule has 0 amide bonds. The molecule has 1 atom stereocenters. The number of halogens is 3. The van der Waals surface area contributed by atoms with Gasteiger partial charge in [0.05, 0.1) is 17.8 Å². The van der Waals surface area contributed by atoms with Crippen molar-refractivity contribution in [2.24, 2.45) is 12.0 Å². The number of rotatable bonds is 5. The first-order valence-corrected chi connectivity index (χ1v) is 9.17. The van der Waals surface area contributed by atoms with Crippen LogP contribution in [-0.2, 0) is 26.3 Å². The number of guanidine groups is 1. The standard InChI is InChI=1S/C19H25F3N6/c1-23-18(24-11-17-7-9-25-27(17)2)26-16-8-10-28(13-16)12-14-3-5-15(6-4-14)19(20,21)22/h3-7,9,16H,8,10-13H2,1-2H3,(H2,23,24,26). The Morgan fingerprint density at radius 2 is 2.00 bits per heavy atom. The molecule has 1 saturated heterocycles. The van der Waals surface area contributed by atoms with E-state index in [0.717, 1.165) is 48.9 Å². The summed E-state index contributed by atoms with van der Waals surface area (Å²) in [6.07, 6.45) is -1.59. The third-order valence-electron chi connectivity index (χ3n) is 4.88. The van der Waals surface area contributed by atoms with Crippen LogP contribution < -0.4 is 10.6 Å². The van der Waals surface area contributed by atoms with E-state index in [1.165, 1.54) is 0 Å². The second kappa shape index (κ2) is 8.64. The highest BCUT2D eigenvalue weighted by Gasteiger charge is 2.30. The van der Waals surface area contributed by atoms with E-state index in [0.29, 0.717) is 13.1 Å². The number of nitrogens with zero attached hydrogens (tertiary/aromatic N) is 4. The van der Waals surface area contributed by atoms with Gasteiger partial charge in [0.25, 0.3) is 0 Å². The molecule has 3 rings (SSSR count). The molecule has 2 aromatic rings. The molecule has 9 heteroatoms. The van der Waals surface area contributed by atoms with Gasteiger partial charge in [-0.05, 0) is 30.2 Å². The van der Waals surface area contributed by atoms with Crippen molar-refractivity contribution in [3.63, 3.8) is 0 Å². The molecule has 0 aliphatic carbocycles. The maximum absolute atomic E-state index is 12.7. The lowest BCUT2D eigenvalue weighted by atomic mass is 10.1. The second-order valence-electron chi connectivity index (χ2n) is 6.93. The number of aryl methyl sites for hydroxylation is 1. The van der Waals surface area contributed by atoms with E-state index < -0.39 is 11.7 Å². The molecule has 0 radical (unpaired) electrons. The van der Waals surface area contributed by atoms with Crippen LogP contribution in [0.2, 0.25) is 0 Å². The quantitative estimate of drug-likeness (QED) is 0.604. The van der Waals surface area contributed by atoms with Gasteiger partial charge in [-0.2, -0.15) is 18.3 Å². The zero-order chi connectivity index (χ0) is 20.1. The predicted octanol–water partition coefficient (Wildman–Crippen LogP) is 2.38. The molecule has 1 unspecified atom stereocenters. The number of aliphatic imine (C=N–C) groups is 1. The van der Waals surface area contributed by atoms with Crippen LogP contribution in [0, 0.1) is 0 Å². The molecule has 0 spiro atoms. The SMILES string of the molecule is CN=C(NCc1ccnn1C)NC1CCN(Cc2ccc(C(F)(F)F)cc2)C1. The Balaban J connectivity index is 1.47. The fraction of sp³-hybridized carbons (Fsp3) is 0.474. The number of likely N-dealkylation sites (tertiary alicyclic amines) is 1. The first kappa shape index (κ1) is 20.2. The molecule has 1 aromatic carbocycles. The molecular formula is C19H25F3N6. The van der Waals surface area contributed by atoms with Crippen molar-refractivity contribution < 1.29 is 13.2 Å². The van der Waals surface area contributed by atoms with E-state index in [-0.39, 0.29) is 6.04 Å². The Morgan fingerprint density at radius 3 is 2.61 bits per heavy atom. The predicted molar refractivity (Wildman–Crippen MR) is 102 cm³/mol. The Kier molecular flexibility index (Phi) is 6.23. The highest BCUT2D eigenvalue weighted by Crippen LogP contribution is 2.29. The van der Waals surface area contributed by atoms with Crippen LogP contribution in [0.15, 0.2) is 41.5 Å². The van der Waals surface area contributed by atoms with Gasteiger partial charge in [-0.3, -0.25) is 14.6 Å². The number of alkyl halides is 3. The van der Waals surface area contributed by atoms with Gasteiger partial charge in [0.2, 0.25) is 0 Å². The number of hydrogen-bond donors (Lipinski definition) is 2. The van der Waals surface area contributed by atoms with E-state index in [4.69, 9.17) is 0 Å². The van der Waals surface area contributed by atoms with Crippen molar-refractivity contribution in [3.8, 4) is 0 Å². The molecular weight excluding hydrogens is 369 g/mol. The maximum Gasteiger partial charge on any atom is 0.416 e. The average molecular weight is 394 g/mol. The molecule has 1 aliphatic rings. The summed E-state index contributed by atoms with van der Waals surface area (Å²) >= 11 is 0. The normalized spacial score (nSPS) is 18.5. The zero-order valence-electron chi connectivity index (χ0n) is 16.0. The van der Waals surface area contributed by atoms with Gasteiger partial charge in [0.15, 0.2) is 5.96 Å². The van der Waals surface area contributed by atoms with Crippen LogP contribution in [0.4, 0.5) is 13.2 Å². The molecule has 2 N–H and O–H groups in total. The molecule has 2 heterocycles. The summed E-state index contributed by atoms with van der Waals surface area (Å²) < 4.78 is 39.8. The van der Waals surface area contributed by atoms with E-state index in [1.807, 2.05) is 17.8 Å². The molecule has 152 valence electrons. The van der Waals surface area contributed by atoms with Gasteiger partial charge >= 0.3 is 6.18 Å². The molecule has 1 aliphatic heterocycles. The molecule has 1 aromatic heterocycles. The fourth-order valence-corrected chi connectivity index (χ4v) is 3.29. The summed E-state index contributed by atoms with van der Waals surface area (Å²) in [5, 5.41) is 10.8. The summed E-state index contributed by atoms with van der Waals surface area (Å²) in [5.74, 6) is 0.725. The lowest BCUT2D eigenvalue weighted by molar-refractivity contribution is -0.137. The van der Waals surface area contributed by atoms with Gasteiger partial charge < -0.3 is 10.6 Å². The molecule has 28 heavy (non-hydrogen) atoms. The molecule has 1 fully saturated rings. The summed E-state index contributed by atoms with van der Waals surface area (Å²) in [6, 6.07) is 7.58. The van der Waals surface area contributed by atoms with E-state index in [1.54, 1.807) is 25.4 Å². The Labute approximate surface area is 162 Å². The number of hydrogen-bond acceptors (Lipinski definition) is 3. The molecule has 6 nitrogen and oxygen atoms in total. The van der Waals surface area contributed by atoms with Crippen molar-refractivity contribution in [1.82, 2.24) is 25.3 Å². The first-order valence-electron chi connectivity index (χ1n) is 9.17. The third-order valence-corrected chi connectivity index (χ3v) is 4.88. The zero-order valence-corrected chi connectivity index (χ0v) is 16.0. The number of benzene rings is 1. The Hall–Kier alpha value is -2.55. The summed E-state index contributed by atoms with van der Waals surface area (Å²) in [6.45, 7) is 2.96. The molecule has 0 saturated carbocycles. The van der Waals surface area contributed by atoms with Gasteiger partial charge in [-0.1, -0.05) is 12.1 Å². The largest absolute Gasteiger partial charge is 0.416 e. The Morgan fingerprint density at radius 1 is 1.25 bits per heavy atom.